The van der Waals surface area contributed by atoms with E-state index in [0.717, 1.165) is 10.0 Å². The second-order valence-electron chi connectivity index (χ2n) is 3.78. The summed E-state index contributed by atoms with van der Waals surface area (Å²) in [6, 6.07) is 13.6. The third-order valence-electron chi connectivity index (χ3n) is 2.45. The molecule has 0 amide bonds. The Balaban J connectivity index is 1.95. The molecule has 2 aromatic carbocycles. The zero-order valence-corrected chi connectivity index (χ0v) is 11.0. The van der Waals surface area contributed by atoms with Crippen LogP contribution in [0.15, 0.2) is 53.0 Å². The Morgan fingerprint density at radius 1 is 0.944 bits per heavy atom. The zero-order valence-electron chi connectivity index (χ0n) is 9.45. The summed E-state index contributed by atoms with van der Waals surface area (Å²) in [5.74, 6) is 0.585. The number of benzene rings is 2. The molecule has 0 aliphatic carbocycles. The number of hydrogen-bond acceptors (Lipinski definition) is 1. The SMILES string of the molecule is FC(F)c1ccc(OCc2ccc(Br)cc2)cc1. The molecule has 0 saturated carbocycles. The first-order valence-electron chi connectivity index (χ1n) is 5.40. The molecule has 0 saturated heterocycles. The van der Waals surface area contributed by atoms with Crippen molar-refractivity contribution < 1.29 is 13.5 Å². The van der Waals surface area contributed by atoms with E-state index in [9.17, 15) is 8.78 Å². The Morgan fingerprint density at radius 3 is 2.11 bits per heavy atom. The van der Waals surface area contributed by atoms with Crippen LogP contribution in [0.5, 0.6) is 5.75 Å². The maximum Gasteiger partial charge on any atom is 0.263 e. The van der Waals surface area contributed by atoms with Crippen molar-refractivity contribution in [2.24, 2.45) is 0 Å². The maximum atomic E-state index is 12.3. The van der Waals surface area contributed by atoms with Gasteiger partial charge < -0.3 is 4.74 Å². The summed E-state index contributed by atoms with van der Waals surface area (Å²) in [5.41, 5.74) is 1.03. The molecule has 0 atom stereocenters. The van der Waals surface area contributed by atoms with Crippen molar-refractivity contribution in [2.45, 2.75) is 13.0 Å². The lowest BCUT2D eigenvalue weighted by molar-refractivity contribution is 0.151. The van der Waals surface area contributed by atoms with Crippen molar-refractivity contribution in [3.8, 4) is 5.75 Å². The second-order valence-corrected chi connectivity index (χ2v) is 4.70. The highest BCUT2D eigenvalue weighted by Gasteiger charge is 2.06. The van der Waals surface area contributed by atoms with E-state index in [2.05, 4.69) is 15.9 Å². The fraction of sp³-hybridized carbons (Fsp3) is 0.143. The summed E-state index contributed by atoms with van der Waals surface area (Å²) < 4.78 is 31.2. The third-order valence-corrected chi connectivity index (χ3v) is 2.98. The van der Waals surface area contributed by atoms with E-state index < -0.39 is 6.43 Å². The highest BCUT2D eigenvalue weighted by Crippen LogP contribution is 2.22. The van der Waals surface area contributed by atoms with Crippen LogP contribution in [0.25, 0.3) is 0 Å². The van der Waals surface area contributed by atoms with Gasteiger partial charge in [0.2, 0.25) is 0 Å². The lowest BCUT2D eigenvalue weighted by atomic mass is 10.2. The van der Waals surface area contributed by atoms with Gasteiger partial charge in [-0.25, -0.2) is 8.78 Å². The van der Waals surface area contributed by atoms with E-state index in [1.165, 1.54) is 12.1 Å². The van der Waals surface area contributed by atoms with Crippen LogP contribution in [0, 0.1) is 0 Å². The Bertz CT molecular complexity index is 494. The van der Waals surface area contributed by atoms with E-state index in [0.29, 0.717) is 12.4 Å². The molecule has 2 aromatic rings. The van der Waals surface area contributed by atoms with Crippen LogP contribution >= 0.6 is 15.9 Å². The van der Waals surface area contributed by atoms with E-state index in [4.69, 9.17) is 4.74 Å². The van der Waals surface area contributed by atoms with Gasteiger partial charge in [-0.05, 0) is 42.0 Å². The Morgan fingerprint density at radius 2 is 1.56 bits per heavy atom. The number of ether oxygens (including phenoxy) is 1. The minimum absolute atomic E-state index is 0.00555. The van der Waals surface area contributed by atoms with E-state index in [-0.39, 0.29) is 5.56 Å². The molecule has 2 rings (SSSR count). The van der Waals surface area contributed by atoms with Crippen molar-refractivity contribution in [3.05, 3.63) is 64.1 Å². The van der Waals surface area contributed by atoms with Gasteiger partial charge >= 0.3 is 0 Å². The van der Waals surface area contributed by atoms with Gasteiger partial charge in [-0.15, -0.1) is 0 Å². The van der Waals surface area contributed by atoms with Crippen LogP contribution in [0.3, 0.4) is 0 Å². The number of alkyl halides is 2. The van der Waals surface area contributed by atoms with E-state index >= 15 is 0 Å². The molecule has 18 heavy (non-hydrogen) atoms. The molecule has 0 bridgehead atoms. The maximum absolute atomic E-state index is 12.3. The van der Waals surface area contributed by atoms with Crippen LogP contribution in [0.2, 0.25) is 0 Å². The van der Waals surface area contributed by atoms with Crippen molar-refractivity contribution in [1.82, 2.24) is 0 Å². The van der Waals surface area contributed by atoms with Crippen LogP contribution in [-0.2, 0) is 6.61 Å². The number of hydrogen-bond donors (Lipinski definition) is 0. The topological polar surface area (TPSA) is 9.23 Å². The first-order valence-corrected chi connectivity index (χ1v) is 6.20. The average Bonchev–Trinajstić information content (AvgIpc) is 2.38. The van der Waals surface area contributed by atoms with Gasteiger partial charge in [0.1, 0.15) is 12.4 Å². The monoisotopic (exact) mass is 312 g/mol. The molecule has 0 radical (unpaired) electrons. The number of rotatable bonds is 4. The Labute approximate surface area is 113 Å². The molecule has 0 N–H and O–H groups in total. The molecule has 0 unspecified atom stereocenters. The fourth-order valence-corrected chi connectivity index (χ4v) is 1.72. The first kappa shape index (κ1) is 13.0. The molecule has 0 fully saturated rings. The van der Waals surface area contributed by atoms with Crippen LogP contribution in [0.4, 0.5) is 8.78 Å². The summed E-state index contributed by atoms with van der Waals surface area (Å²) in [6.45, 7) is 0.418. The minimum atomic E-state index is -2.44. The van der Waals surface area contributed by atoms with Gasteiger partial charge in [-0.3, -0.25) is 0 Å². The van der Waals surface area contributed by atoms with Crippen LogP contribution < -0.4 is 4.74 Å². The summed E-state index contributed by atoms with van der Waals surface area (Å²) >= 11 is 3.35. The standard InChI is InChI=1S/C14H11BrF2O/c15-12-5-1-10(2-6-12)9-18-13-7-3-11(4-8-13)14(16)17/h1-8,14H,9H2. The molecule has 0 aliphatic heterocycles. The third kappa shape index (κ3) is 3.53. The van der Waals surface area contributed by atoms with Gasteiger partial charge in [-0.2, -0.15) is 0 Å². The van der Waals surface area contributed by atoms with Crippen LogP contribution in [-0.4, -0.2) is 0 Å². The normalized spacial score (nSPS) is 10.7. The molecular formula is C14H11BrF2O. The summed E-state index contributed by atoms with van der Waals surface area (Å²) in [5, 5.41) is 0. The minimum Gasteiger partial charge on any atom is -0.489 e. The van der Waals surface area contributed by atoms with Crippen molar-refractivity contribution in [1.29, 1.82) is 0 Å². The average molecular weight is 313 g/mol. The smallest absolute Gasteiger partial charge is 0.263 e. The Hall–Kier alpha value is -1.42. The quantitative estimate of drug-likeness (QED) is 0.775. The number of halogens is 3. The molecule has 0 heterocycles. The van der Waals surface area contributed by atoms with Gasteiger partial charge in [0, 0.05) is 10.0 Å². The predicted octanol–water partition coefficient (Wildman–Crippen LogP) is 4.97. The molecular weight excluding hydrogens is 302 g/mol. The predicted molar refractivity (Wildman–Crippen MR) is 69.9 cm³/mol. The first-order chi connectivity index (χ1) is 8.65. The summed E-state index contributed by atoms with van der Waals surface area (Å²) in [6.07, 6.45) is -2.44. The van der Waals surface area contributed by atoms with Crippen molar-refractivity contribution in [2.75, 3.05) is 0 Å². The lowest BCUT2D eigenvalue weighted by Gasteiger charge is -2.07. The fourth-order valence-electron chi connectivity index (χ4n) is 1.46. The van der Waals surface area contributed by atoms with E-state index in [1.807, 2.05) is 24.3 Å². The van der Waals surface area contributed by atoms with Crippen molar-refractivity contribution in [3.63, 3.8) is 0 Å². The Kier molecular flexibility index (Phi) is 4.31. The molecule has 4 heteroatoms. The molecule has 0 aliphatic rings. The van der Waals surface area contributed by atoms with Gasteiger partial charge in [-0.1, -0.05) is 28.1 Å². The summed E-state index contributed by atoms with van der Waals surface area (Å²) in [4.78, 5) is 0. The second kappa shape index (κ2) is 5.96. The molecule has 0 aromatic heterocycles. The summed E-state index contributed by atoms with van der Waals surface area (Å²) in [7, 11) is 0. The molecule has 94 valence electrons. The van der Waals surface area contributed by atoms with Crippen molar-refractivity contribution >= 4 is 15.9 Å². The van der Waals surface area contributed by atoms with E-state index in [1.54, 1.807) is 12.1 Å². The molecule has 1 nitrogen and oxygen atoms in total. The van der Waals surface area contributed by atoms with Gasteiger partial charge in [0.25, 0.3) is 6.43 Å². The van der Waals surface area contributed by atoms with Gasteiger partial charge in [0.15, 0.2) is 0 Å². The highest BCUT2D eigenvalue weighted by molar-refractivity contribution is 9.10. The van der Waals surface area contributed by atoms with Crippen LogP contribution in [0.1, 0.15) is 17.6 Å². The lowest BCUT2D eigenvalue weighted by Crippen LogP contribution is -1.95. The highest BCUT2D eigenvalue weighted by atomic mass is 79.9. The van der Waals surface area contributed by atoms with Gasteiger partial charge in [0.05, 0.1) is 0 Å². The largest absolute Gasteiger partial charge is 0.489 e. The zero-order chi connectivity index (χ0) is 13.0. The molecule has 0 spiro atoms.